The molecule has 0 aliphatic heterocycles. The number of anilines is 2. The van der Waals surface area contributed by atoms with E-state index >= 15 is 0 Å². The maximum absolute atomic E-state index is 12.4. The van der Waals surface area contributed by atoms with Crippen LogP contribution in [0.5, 0.6) is 11.6 Å². The first-order chi connectivity index (χ1) is 14.5. The number of fused-ring (bicyclic) bond motifs is 1. The predicted octanol–water partition coefficient (Wildman–Crippen LogP) is 4.39. The van der Waals surface area contributed by atoms with Crippen molar-refractivity contribution in [1.82, 2.24) is 14.6 Å². The Bertz CT molecular complexity index is 1250. The molecule has 2 amide bonds. The highest BCUT2D eigenvalue weighted by molar-refractivity contribution is 6.31. The second kappa shape index (κ2) is 8.22. The van der Waals surface area contributed by atoms with Gasteiger partial charge in [0.1, 0.15) is 5.75 Å². The van der Waals surface area contributed by atoms with Crippen molar-refractivity contribution in [2.45, 2.75) is 6.92 Å². The lowest BCUT2D eigenvalue weighted by Gasteiger charge is -2.09. The topological polar surface area (TPSA) is 97.6 Å². The lowest BCUT2D eigenvalue weighted by Crippen LogP contribution is -2.11. The third-order valence-corrected chi connectivity index (χ3v) is 4.24. The van der Waals surface area contributed by atoms with Crippen molar-refractivity contribution in [1.29, 1.82) is 0 Å². The van der Waals surface area contributed by atoms with Crippen LogP contribution in [-0.4, -0.2) is 26.4 Å². The molecule has 0 fully saturated rings. The van der Waals surface area contributed by atoms with Gasteiger partial charge in [0.05, 0.1) is 6.20 Å². The molecule has 30 heavy (non-hydrogen) atoms. The van der Waals surface area contributed by atoms with Crippen molar-refractivity contribution in [3.8, 4) is 11.6 Å². The zero-order chi connectivity index (χ0) is 21.1. The lowest BCUT2D eigenvalue weighted by atomic mass is 10.2. The molecule has 150 valence electrons. The Morgan fingerprint density at radius 2 is 1.87 bits per heavy atom. The van der Waals surface area contributed by atoms with Crippen molar-refractivity contribution in [2.75, 3.05) is 10.6 Å². The summed E-state index contributed by atoms with van der Waals surface area (Å²) >= 11 is 5.94. The third-order valence-electron chi connectivity index (χ3n) is 4.00. The van der Waals surface area contributed by atoms with Crippen LogP contribution in [0.3, 0.4) is 0 Å². The summed E-state index contributed by atoms with van der Waals surface area (Å²) in [6.45, 7) is 1.41. The van der Waals surface area contributed by atoms with Gasteiger partial charge in [-0.25, -0.2) is 9.50 Å². The van der Waals surface area contributed by atoms with Gasteiger partial charge in [-0.15, -0.1) is 5.10 Å². The van der Waals surface area contributed by atoms with Crippen LogP contribution in [0.15, 0.2) is 66.9 Å². The van der Waals surface area contributed by atoms with E-state index in [4.69, 9.17) is 16.3 Å². The molecule has 0 aliphatic rings. The van der Waals surface area contributed by atoms with Gasteiger partial charge in [-0.2, -0.15) is 0 Å². The maximum Gasteiger partial charge on any atom is 0.255 e. The molecule has 0 unspecified atom stereocenters. The molecule has 0 saturated carbocycles. The van der Waals surface area contributed by atoms with Crippen molar-refractivity contribution in [2.24, 2.45) is 0 Å². The molecule has 2 aromatic carbocycles. The normalized spacial score (nSPS) is 10.6. The first-order valence-electron chi connectivity index (χ1n) is 8.95. The van der Waals surface area contributed by atoms with E-state index < -0.39 is 0 Å². The molecular weight excluding hydrogens is 406 g/mol. The Morgan fingerprint density at radius 3 is 2.67 bits per heavy atom. The molecule has 2 N–H and O–H groups in total. The summed E-state index contributed by atoms with van der Waals surface area (Å²) in [6.07, 6.45) is 1.59. The molecule has 0 spiro atoms. The van der Waals surface area contributed by atoms with Crippen molar-refractivity contribution in [3.05, 3.63) is 77.4 Å². The van der Waals surface area contributed by atoms with E-state index in [1.165, 1.54) is 11.4 Å². The Labute approximate surface area is 176 Å². The highest BCUT2D eigenvalue weighted by Gasteiger charge is 2.09. The van der Waals surface area contributed by atoms with Crippen LogP contribution in [-0.2, 0) is 4.79 Å². The number of aromatic nitrogens is 3. The summed E-state index contributed by atoms with van der Waals surface area (Å²) in [5.41, 5.74) is 1.58. The lowest BCUT2D eigenvalue weighted by molar-refractivity contribution is -0.114. The first-order valence-corrected chi connectivity index (χ1v) is 9.33. The molecule has 4 rings (SSSR count). The number of nitrogens with one attached hydrogen (secondary N) is 2. The fourth-order valence-electron chi connectivity index (χ4n) is 2.75. The van der Waals surface area contributed by atoms with E-state index in [0.29, 0.717) is 39.4 Å². The van der Waals surface area contributed by atoms with E-state index in [1.54, 1.807) is 66.9 Å². The summed E-state index contributed by atoms with van der Waals surface area (Å²) in [7, 11) is 0. The maximum atomic E-state index is 12.4. The fraction of sp³-hybridized carbons (Fsp3) is 0.0476. The van der Waals surface area contributed by atoms with Gasteiger partial charge in [0.15, 0.2) is 11.5 Å². The van der Waals surface area contributed by atoms with Crippen LogP contribution >= 0.6 is 11.6 Å². The number of nitrogens with zero attached hydrogens (tertiary/aromatic N) is 3. The zero-order valence-electron chi connectivity index (χ0n) is 15.8. The Morgan fingerprint density at radius 1 is 1.03 bits per heavy atom. The Balaban J connectivity index is 1.50. The summed E-state index contributed by atoms with van der Waals surface area (Å²) in [5.74, 6) is 0.725. The quantitative estimate of drug-likeness (QED) is 0.498. The number of amides is 2. The van der Waals surface area contributed by atoms with Gasteiger partial charge in [-0.05, 0) is 36.4 Å². The monoisotopic (exact) mass is 421 g/mol. The molecule has 8 nitrogen and oxygen atoms in total. The average molecular weight is 422 g/mol. The minimum Gasteiger partial charge on any atom is -0.438 e. The Kier molecular flexibility index (Phi) is 5.32. The molecule has 0 aliphatic carbocycles. The third kappa shape index (κ3) is 4.56. The summed E-state index contributed by atoms with van der Waals surface area (Å²) < 4.78 is 7.31. The van der Waals surface area contributed by atoms with E-state index in [0.717, 1.165) is 0 Å². The predicted molar refractivity (Wildman–Crippen MR) is 113 cm³/mol. The van der Waals surface area contributed by atoms with Crippen LogP contribution in [0, 0.1) is 0 Å². The summed E-state index contributed by atoms with van der Waals surface area (Å²) in [4.78, 5) is 27.8. The van der Waals surface area contributed by atoms with Crippen molar-refractivity contribution < 1.29 is 14.3 Å². The minimum absolute atomic E-state index is 0.216. The first kappa shape index (κ1) is 19.4. The van der Waals surface area contributed by atoms with E-state index in [2.05, 4.69) is 20.7 Å². The zero-order valence-corrected chi connectivity index (χ0v) is 16.6. The number of carbonyl (C=O) groups is 2. The highest BCUT2D eigenvalue weighted by atomic mass is 35.5. The number of benzene rings is 2. The number of hydrogen-bond acceptors (Lipinski definition) is 5. The molecular formula is C21H16ClN5O3. The molecule has 0 atom stereocenters. The second-order valence-corrected chi connectivity index (χ2v) is 6.81. The van der Waals surface area contributed by atoms with Crippen LogP contribution in [0.1, 0.15) is 17.3 Å². The molecule has 4 aromatic rings. The van der Waals surface area contributed by atoms with Crippen LogP contribution < -0.4 is 15.4 Å². The number of ether oxygens (including phenoxy) is 1. The van der Waals surface area contributed by atoms with Gasteiger partial charge >= 0.3 is 0 Å². The SMILES string of the molecule is CC(=O)Nc1cn2nc(Oc3cccc(NC(=O)c4cccc(Cl)c4)c3)ccc2n1. The average Bonchev–Trinajstić information content (AvgIpc) is 3.09. The minimum atomic E-state index is -0.280. The highest BCUT2D eigenvalue weighted by Crippen LogP contribution is 2.24. The second-order valence-electron chi connectivity index (χ2n) is 6.38. The standard InChI is InChI=1S/C21H16ClN5O3/c1-13(28)23-18-12-27-19(25-18)8-9-20(26-27)30-17-7-3-6-16(11-17)24-21(29)14-4-2-5-15(22)10-14/h2-12H,1H3,(H,23,28)(H,24,29). The Hall–Kier alpha value is -3.91. The van der Waals surface area contributed by atoms with Gasteiger partial charge in [-0.3, -0.25) is 9.59 Å². The molecule has 9 heteroatoms. The van der Waals surface area contributed by atoms with E-state index in [9.17, 15) is 9.59 Å². The summed E-state index contributed by atoms with van der Waals surface area (Å²) in [6, 6.07) is 17.0. The van der Waals surface area contributed by atoms with Gasteiger partial charge in [0.25, 0.3) is 5.91 Å². The molecule has 0 saturated heterocycles. The fourth-order valence-corrected chi connectivity index (χ4v) is 2.94. The van der Waals surface area contributed by atoms with Gasteiger partial charge in [0, 0.05) is 35.3 Å². The van der Waals surface area contributed by atoms with Crippen LogP contribution in [0.2, 0.25) is 5.02 Å². The van der Waals surface area contributed by atoms with Gasteiger partial charge < -0.3 is 15.4 Å². The number of carbonyl (C=O) groups excluding carboxylic acids is 2. The van der Waals surface area contributed by atoms with Crippen molar-refractivity contribution >= 4 is 40.6 Å². The van der Waals surface area contributed by atoms with E-state index in [1.807, 2.05) is 0 Å². The van der Waals surface area contributed by atoms with Gasteiger partial charge in [0.2, 0.25) is 11.8 Å². The van der Waals surface area contributed by atoms with Gasteiger partial charge in [-0.1, -0.05) is 23.7 Å². The number of halogens is 1. The number of imidazole rings is 1. The number of rotatable bonds is 5. The smallest absolute Gasteiger partial charge is 0.255 e. The molecule has 2 heterocycles. The molecule has 0 radical (unpaired) electrons. The van der Waals surface area contributed by atoms with Crippen LogP contribution in [0.25, 0.3) is 5.65 Å². The van der Waals surface area contributed by atoms with Crippen LogP contribution in [0.4, 0.5) is 11.5 Å². The molecule has 0 bridgehead atoms. The number of hydrogen-bond donors (Lipinski definition) is 2. The van der Waals surface area contributed by atoms with Crippen molar-refractivity contribution in [3.63, 3.8) is 0 Å². The largest absolute Gasteiger partial charge is 0.438 e. The summed E-state index contributed by atoms with van der Waals surface area (Å²) in [5, 5.41) is 10.2. The van der Waals surface area contributed by atoms with E-state index in [-0.39, 0.29) is 11.8 Å². The molecule has 2 aromatic heterocycles.